The van der Waals surface area contributed by atoms with Gasteiger partial charge in [-0.25, -0.2) is 0 Å². The molecule has 1 N–H and O–H groups in total. The van der Waals surface area contributed by atoms with Crippen molar-refractivity contribution in [3.63, 3.8) is 0 Å². The number of aromatic nitrogens is 1. The highest BCUT2D eigenvalue weighted by Crippen LogP contribution is 2.31. The van der Waals surface area contributed by atoms with Gasteiger partial charge < -0.3 is 9.72 Å². The summed E-state index contributed by atoms with van der Waals surface area (Å²) >= 11 is 0. The van der Waals surface area contributed by atoms with Gasteiger partial charge in [0, 0.05) is 16.8 Å². The van der Waals surface area contributed by atoms with Crippen LogP contribution >= 0.6 is 0 Å². The van der Waals surface area contributed by atoms with Gasteiger partial charge in [0.2, 0.25) is 0 Å². The third kappa shape index (κ3) is 2.29. The molecule has 2 aromatic rings. The van der Waals surface area contributed by atoms with Crippen LogP contribution in [0.25, 0.3) is 11.1 Å². The Morgan fingerprint density at radius 1 is 1.37 bits per heavy atom. The maximum absolute atomic E-state index is 11.8. The van der Waals surface area contributed by atoms with E-state index in [4.69, 9.17) is 4.74 Å². The minimum atomic E-state index is -0.0698. The van der Waals surface area contributed by atoms with E-state index in [1.54, 1.807) is 14.0 Å². The average molecular weight is 257 g/mol. The van der Waals surface area contributed by atoms with Gasteiger partial charge in [-0.3, -0.25) is 9.59 Å². The lowest BCUT2D eigenvalue weighted by Gasteiger charge is -2.06. The molecule has 4 nitrogen and oxygen atoms in total. The van der Waals surface area contributed by atoms with Crippen molar-refractivity contribution in [1.29, 1.82) is 0 Å². The second kappa shape index (κ2) is 5.10. The van der Waals surface area contributed by atoms with Crippen LogP contribution in [0.2, 0.25) is 0 Å². The number of rotatable bonds is 4. The first-order chi connectivity index (χ1) is 9.08. The zero-order valence-corrected chi connectivity index (χ0v) is 11.1. The lowest BCUT2D eigenvalue weighted by atomic mass is 9.98. The Morgan fingerprint density at radius 3 is 2.68 bits per heavy atom. The summed E-state index contributed by atoms with van der Waals surface area (Å²) in [6.07, 6.45) is 0.730. The van der Waals surface area contributed by atoms with E-state index in [1.807, 2.05) is 24.3 Å². The maximum atomic E-state index is 11.8. The Bertz CT molecular complexity index is 641. The summed E-state index contributed by atoms with van der Waals surface area (Å²) < 4.78 is 5.17. The molecule has 0 bridgehead atoms. The number of nitrogens with one attached hydrogen (secondary N) is 1. The molecule has 1 aromatic carbocycles. The molecule has 0 fully saturated rings. The fourth-order valence-corrected chi connectivity index (χ4v) is 2.26. The Labute approximate surface area is 111 Å². The normalized spacial score (nSPS) is 10.3. The van der Waals surface area contributed by atoms with Crippen LogP contribution in [0.3, 0.4) is 0 Å². The van der Waals surface area contributed by atoms with Crippen LogP contribution in [-0.2, 0) is 0 Å². The average Bonchev–Trinajstić information content (AvgIpc) is 2.75. The predicted octanol–water partition coefficient (Wildman–Crippen LogP) is 3.01. The first-order valence-corrected chi connectivity index (χ1v) is 5.91. The number of H-pyrrole nitrogens is 1. The molecule has 98 valence electrons. The third-order valence-corrected chi connectivity index (χ3v) is 3.04. The highest BCUT2D eigenvalue weighted by molar-refractivity contribution is 6.06. The molecule has 0 radical (unpaired) electrons. The van der Waals surface area contributed by atoms with Crippen molar-refractivity contribution >= 4 is 12.1 Å². The zero-order chi connectivity index (χ0) is 14.0. The van der Waals surface area contributed by atoms with Crippen LogP contribution in [0.4, 0.5) is 0 Å². The predicted molar refractivity (Wildman–Crippen MR) is 72.9 cm³/mol. The van der Waals surface area contributed by atoms with Crippen LogP contribution in [0, 0.1) is 6.92 Å². The van der Waals surface area contributed by atoms with Crippen molar-refractivity contribution in [1.82, 2.24) is 4.98 Å². The molecule has 19 heavy (non-hydrogen) atoms. The summed E-state index contributed by atoms with van der Waals surface area (Å²) in [5, 5.41) is 0. The van der Waals surface area contributed by atoms with E-state index in [-0.39, 0.29) is 5.78 Å². The van der Waals surface area contributed by atoms with Gasteiger partial charge in [-0.15, -0.1) is 0 Å². The lowest BCUT2D eigenvalue weighted by molar-refractivity contribution is 0.101. The number of ketones is 1. The SMILES string of the molecule is COc1cccc(-c2c(C=O)[nH]c(C)c2C(C)=O)c1. The molecular formula is C15H15NO3. The van der Waals surface area contributed by atoms with Crippen molar-refractivity contribution < 1.29 is 14.3 Å². The first-order valence-electron chi connectivity index (χ1n) is 5.91. The van der Waals surface area contributed by atoms with Gasteiger partial charge in [-0.05, 0) is 31.5 Å². The molecule has 1 aromatic heterocycles. The van der Waals surface area contributed by atoms with Crippen molar-refractivity contribution in [2.75, 3.05) is 7.11 Å². The second-order valence-corrected chi connectivity index (χ2v) is 4.32. The van der Waals surface area contributed by atoms with E-state index in [9.17, 15) is 9.59 Å². The summed E-state index contributed by atoms with van der Waals surface area (Å²) in [5.41, 5.74) is 3.09. The number of aryl methyl sites for hydroxylation is 1. The van der Waals surface area contributed by atoms with Crippen LogP contribution < -0.4 is 4.74 Å². The number of aromatic amines is 1. The molecule has 0 aliphatic rings. The van der Waals surface area contributed by atoms with Gasteiger partial charge in [0.1, 0.15) is 5.75 Å². The Balaban J connectivity index is 2.72. The number of carbonyl (C=O) groups is 2. The van der Waals surface area contributed by atoms with Gasteiger partial charge in [0.25, 0.3) is 0 Å². The smallest absolute Gasteiger partial charge is 0.166 e. The van der Waals surface area contributed by atoms with Gasteiger partial charge in [-0.1, -0.05) is 12.1 Å². The molecule has 0 amide bonds. The van der Waals surface area contributed by atoms with E-state index in [2.05, 4.69) is 4.98 Å². The van der Waals surface area contributed by atoms with Crippen LogP contribution in [0.15, 0.2) is 24.3 Å². The van der Waals surface area contributed by atoms with Crippen LogP contribution in [0.5, 0.6) is 5.75 Å². The summed E-state index contributed by atoms with van der Waals surface area (Å²) in [7, 11) is 1.58. The maximum Gasteiger partial charge on any atom is 0.166 e. The van der Waals surface area contributed by atoms with Crippen molar-refractivity contribution in [3.05, 3.63) is 41.2 Å². The van der Waals surface area contributed by atoms with Gasteiger partial charge >= 0.3 is 0 Å². The molecule has 0 saturated heterocycles. The number of hydrogen-bond acceptors (Lipinski definition) is 3. The van der Waals surface area contributed by atoms with E-state index >= 15 is 0 Å². The van der Waals surface area contributed by atoms with Gasteiger partial charge in [0.15, 0.2) is 12.1 Å². The zero-order valence-electron chi connectivity index (χ0n) is 11.1. The summed E-state index contributed by atoms with van der Waals surface area (Å²) in [4.78, 5) is 25.9. The van der Waals surface area contributed by atoms with E-state index < -0.39 is 0 Å². The van der Waals surface area contributed by atoms with E-state index in [1.165, 1.54) is 6.92 Å². The quantitative estimate of drug-likeness (QED) is 0.676. The Kier molecular flexibility index (Phi) is 3.51. The number of methoxy groups -OCH3 is 1. The molecule has 0 spiro atoms. The monoisotopic (exact) mass is 257 g/mol. The van der Waals surface area contributed by atoms with Crippen molar-refractivity contribution in [3.8, 4) is 16.9 Å². The topological polar surface area (TPSA) is 59.2 Å². The molecule has 2 rings (SSSR count). The Hall–Kier alpha value is -2.36. The fraction of sp³-hybridized carbons (Fsp3) is 0.200. The second-order valence-electron chi connectivity index (χ2n) is 4.32. The standard InChI is InChI=1S/C15H15NO3/c1-9-14(10(2)18)15(13(8-17)16-9)11-5-4-6-12(7-11)19-3/h4-8,16H,1-3H3. The van der Waals surface area contributed by atoms with Crippen molar-refractivity contribution in [2.24, 2.45) is 0 Å². The molecule has 1 heterocycles. The molecular weight excluding hydrogens is 242 g/mol. The molecule has 0 atom stereocenters. The van der Waals surface area contributed by atoms with Crippen LogP contribution in [0.1, 0.15) is 33.5 Å². The number of benzene rings is 1. The lowest BCUT2D eigenvalue weighted by Crippen LogP contribution is -1.96. The molecule has 4 heteroatoms. The molecule has 0 aliphatic carbocycles. The fourth-order valence-electron chi connectivity index (χ4n) is 2.26. The van der Waals surface area contributed by atoms with Crippen LogP contribution in [-0.4, -0.2) is 24.2 Å². The van der Waals surface area contributed by atoms with E-state index in [0.29, 0.717) is 28.3 Å². The Morgan fingerprint density at radius 2 is 2.11 bits per heavy atom. The number of hydrogen-bond donors (Lipinski definition) is 1. The highest BCUT2D eigenvalue weighted by Gasteiger charge is 2.19. The number of carbonyl (C=O) groups excluding carboxylic acids is 2. The summed E-state index contributed by atoms with van der Waals surface area (Å²) in [5.74, 6) is 0.613. The molecule has 0 saturated carbocycles. The first kappa shape index (κ1) is 13.1. The molecule has 0 aliphatic heterocycles. The third-order valence-electron chi connectivity index (χ3n) is 3.04. The largest absolute Gasteiger partial charge is 0.497 e. The molecule has 0 unspecified atom stereocenters. The number of aldehydes is 1. The minimum absolute atomic E-state index is 0.0698. The van der Waals surface area contributed by atoms with Gasteiger partial charge in [0.05, 0.1) is 12.8 Å². The van der Waals surface area contributed by atoms with E-state index in [0.717, 1.165) is 11.8 Å². The number of ether oxygens (including phenoxy) is 1. The van der Waals surface area contributed by atoms with Gasteiger partial charge in [-0.2, -0.15) is 0 Å². The van der Waals surface area contributed by atoms with Crippen molar-refractivity contribution in [2.45, 2.75) is 13.8 Å². The summed E-state index contributed by atoms with van der Waals surface area (Å²) in [6, 6.07) is 7.30. The summed E-state index contributed by atoms with van der Waals surface area (Å²) in [6.45, 7) is 3.28. The number of Topliss-reactive ketones (excluding diaryl/α,β-unsaturated/α-hetero) is 1. The minimum Gasteiger partial charge on any atom is -0.497 e. The highest BCUT2D eigenvalue weighted by atomic mass is 16.5.